The zero-order chi connectivity index (χ0) is 14.7. The Morgan fingerprint density at radius 2 is 1.75 bits per heavy atom. The van der Waals surface area contributed by atoms with Crippen LogP contribution in [-0.4, -0.2) is 17.0 Å². The first kappa shape index (κ1) is 13.5. The van der Waals surface area contributed by atoms with Crippen LogP contribution in [0.4, 0.5) is 15.8 Å². The number of carbonyl (C=O) groups excluding carboxylic acids is 1. The molecule has 0 aliphatic carbocycles. The van der Waals surface area contributed by atoms with Crippen molar-refractivity contribution in [2.45, 2.75) is 0 Å². The predicted octanol–water partition coefficient (Wildman–Crippen LogP) is 2.37. The van der Waals surface area contributed by atoms with Crippen molar-refractivity contribution in [3.8, 4) is 0 Å². The summed E-state index contributed by atoms with van der Waals surface area (Å²) in [6.45, 7) is 0. The quantitative estimate of drug-likeness (QED) is 0.798. The number of amides is 1. The number of anilines is 2. The summed E-state index contributed by atoms with van der Waals surface area (Å²) in [5.74, 6) is -2.49. The first-order chi connectivity index (χ1) is 9.49. The number of rotatable bonds is 4. The van der Waals surface area contributed by atoms with E-state index in [0.29, 0.717) is 11.3 Å². The number of carboxylic acids is 1. The molecular weight excluding hydrogens is 263 g/mol. The SMILES string of the molecule is NC(=O)c1ccc(Nc2c(F)cccc2C(=O)O)cc1. The number of nitrogens with one attached hydrogen (secondary N) is 1. The first-order valence-electron chi connectivity index (χ1n) is 5.67. The van der Waals surface area contributed by atoms with E-state index >= 15 is 0 Å². The van der Waals surface area contributed by atoms with Crippen LogP contribution in [-0.2, 0) is 0 Å². The number of carbonyl (C=O) groups is 2. The van der Waals surface area contributed by atoms with E-state index in [4.69, 9.17) is 10.8 Å². The minimum atomic E-state index is -1.24. The molecule has 0 aromatic heterocycles. The number of nitrogens with two attached hydrogens (primary N) is 1. The molecule has 5 nitrogen and oxygen atoms in total. The monoisotopic (exact) mass is 274 g/mol. The second kappa shape index (κ2) is 5.40. The average Bonchev–Trinajstić information content (AvgIpc) is 2.41. The summed E-state index contributed by atoms with van der Waals surface area (Å²) in [5, 5.41) is 11.7. The van der Waals surface area contributed by atoms with Crippen LogP contribution in [0.25, 0.3) is 0 Å². The normalized spacial score (nSPS) is 10.1. The molecule has 2 aromatic rings. The highest BCUT2D eigenvalue weighted by molar-refractivity contribution is 5.96. The summed E-state index contributed by atoms with van der Waals surface area (Å²) < 4.78 is 13.7. The summed E-state index contributed by atoms with van der Waals surface area (Å²) in [6, 6.07) is 9.73. The molecule has 0 atom stereocenters. The molecule has 0 aliphatic heterocycles. The molecule has 0 radical (unpaired) electrons. The van der Waals surface area contributed by atoms with Gasteiger partial charge in [0.05, 0.1) is 11.3 Å². The highest BCUT2D eigenvalue weighted by Gasteiger charge is 2.14. The summed E-state index contributed by atoms with van der Waals surface area (Å²) in [4.78, 5) is 22.0. The van der Waals surface area contributed by atoms with E-state index in [1.54, 1.807) is 0 Å². The van der Waals surface area contributed by atoms with Gasteiger partial charge in [-0.15, -0.1) is 0 Å². The van der Waals surface area contributed by atoms with Gasteiger partial charge in [0.25, 0.3) is 0 Å². The molecule has 102 valence electrons. The molecule has 0 spiro atoms. The van der Waals surface area contributed by atoms with Crippen molar-refractivity contribution in [2.75, 3.05) is 5.32 Å². The minimum absolute atomic E-state index is 0.133. The summed E-state index contributed by atoms with van der Waals surface area (Å²) >= 11 is 0. The standard InChI is InChI=1S/C14H11FN2O3/c15-11-3-1-2-10(14(19)20)12(11)17-9-6-4-8(5-7-9)13(16)18/h1-7,17H,(H2,16,18)(H,19,20). The molecule has 0 aliphatic rings. The molecule has 20 heavy (non-hydrogen) atoms. The van der Waals surface area contributed by atoms with Gasteiger partial charge in [0.15, 0.2) is 0 Å². The van der Waals surface area contributed by atoms with Gasteiger partial charge in [-0.25, -0.2) is 9.18 Å². The number of primary amides is 1. The molecule has 0 heterocycles. The van der Waals surface area contributed by atoms with Gasteiger partial charge in [0.1, 0.15) is 5.82 Å². The van der Waals surface area contributed by atoms with Gasteiger partial charge in [-0.05, 0) is 36.4 Å². The third kappa shape index (κ3) is 2.74. The number of carboxylic acid groups (broad SMARTS) is 1. The predicted molar refractivity (Wildman–Crippen MR) is 71.6 cm³/mol. The zero-order valence-electron chi connectivity index (χ0n) is 10.3. The van der Waals surface area contributed by atoms with E-state index < -0.39 is 17.7 Å². The van der Waals surface area contributed by atoms with Crippen molar-refractivity contribution >= 4 is 23.3 Å². The van der Waals surface area contributed by atoms with E-state index in [1.165, 1.54) is 36.4 Å². The second-order valence-corrected chi connectivity index (χ2v) is 4.03. The molecule has 0 bridgehead atoms. The maximum absolute atomic E-state index is 13.7. The van der Waals surface area contributed by atoms with E-state index in [2.05, 4.69) is 5.32 Å². The van der Waals surface area contributed by atoms with Gasteiger partial charge in [-0.3, -0.25) is 4.79 Å². The first-order valence-corrected chi connectivity index (χ1v) is 5.67. The maximum Gasteiger partial charge on any atom is 0.337 e. The minimum Gasteiger partial charge on any atom is -0.478 e. The third-order valence-electron chi connectivity index (χ3n) is 2.68. The van der Waals surface area contributed by atoms with E-state index in [0.717, 1.165) is 6.07 Å². The Morgan fingerprint density at radius 1 is 1.10 bits per heavy atom. The average molecular weight is 274 g/mol. The maximum atomic E-state index is 13.7. The van der Waals surface area contributed by atoms with Crippen molar-refractivity contribution in [2.24, 2.45) is 5.73 Å². The topological polar surface area (TPSA) is 92.4 Å². The molecule has 0 fully saturated rings. The molecule has 4 N–H and O–H groups in total. The van der Waals surface area contributed by atoms with Crippen LogP contribution in [0, 0.1) is 5.82 Å². The van der Waals surface area contributed by atoms with E-state index in [9.17, 15) is 14.0 Å². The fourth-order valence-corrected chi connectivity index (χ4v) is 1.69. The highest BCUT2D eigenvalue weighted by atomic mass is 19.1. The lowest BCUT2D eigenvalue weighted by Gasteiger charge is -2.10. The van der Waals surface area contributed by atoms with Crippen LogP contribution < -0.4 is 11.1 Å². The van der Waals surface area contributed by atoms with Crippen molar-refractivity contribution in [1.29, 1.82) is 0 Å². The Morgan fingerprint density at radius 3 is 2.30 bits per heavy atom. The Balaban J connectivity index is 2.34. The number of hydrogen-bond donors (Lipinski definition) is 3. The molecule has 1 amide bonds. The van der Waals surface area contributed by atoms with Crippen LogP contribution in [0.2, 0.25) is 0 Å². The van der Waals surface area contributed by atoms with Gasteiger partial charge >= 0.3 is 5.97 Å². The van der Waals surface area contributed by atoms with Gasteiger partial charge in [-0.1, -0.05) is 6.07 Å². The smallest absolute Gasteiger partial charge is 0.337 e. The fraction of sp³-hybridized carbons (Fsp3) is 0. The van der Waals surface area contributed by atoms with Gasteiger partial charge in [-0.2, -0.15) is 0 Å². The summed E-state index contributed by atoms with van der Waals surface area (Å²) in [5.41, 5.74) is 5.55. The Labute approximate surface area is 113 Å². The Hall–Kier alpha value is -2.89. The molecule has 0 unspecified atom stereocenters. The van der Waals surface area contributed by atoms with Crippen LogP contribution in [0.15, 0.2) is 42.5 Å². The number of para-hydroxylation sites is 1. The van der Waals surface area contributed by atoms with Gasteiger partial charge < -0.3 is 16.2 Å². The van der Waals surface area contributed by atoms with Gasteiger partial charge in [0.2, 0.25) is 5.91 Å². The Bertz CT molecular complexity index is 669. The summed E-state index contributed by atoms with van der Waals surface area (Å²) in [7, 11) is 0. The lowest BCUT2D eigenvalue weighted by atomic mass is 10.1. The fourth-order valence-electron chi connectivity index (χ4n) is 1.69. The molecule has 2 aromatic carbocycles. The van der Waals surface area contributed by atoms with Crippen molar-refractivity contribution in [3.63, 3.8) is 0 Å². The van der Waals surface area contributed by atoms with Crippen LogP contribution in [0.3, 0.4) is 0 Å². The molecule has 0 saturated heterocycles. The largest absolute Gasteiger partial charge is 0.478 e. The summed E-state index contributed by atoms with van der Waals surface area (Å²) in [6.07, 6.45) is 0. The van der Waals surface area contributed by atoms with E-state index in [1.807, 2.05) is 0 Å². The van der Waals surface area contributed by atoms with Crippen molar-refractivity contribution in [3.05, 3.63) is 59.4 Å². The van der Waals surface area contributed by atoms with E-state index in [-0.39, 0.29) is 11.3 Å². The molecule has 2 rings (SSSR count). The second-order valence-electron chi connectivity index (χ2n) is 4.03. The lowest BCUT2D eigenvalue weighted by molar-refractivity contribution is 0.0697. The van der Waals surface area contributed by atoms with Crippen LogP contribution in [0.5, 0.6) is 0 Å². The van der Waals surface area contributed by atoms with Crippen LogP contribution in [0.1, 0.15) is 20.7 Å². The number of benzene rings is 2. The van der Waals surface area contributed by atoms with Crippen molar-refractivity contribution < 1.29 is 19.1 Å². The van der Waals surface area contributed by atoms with Gasteiger partial charge in [0, 0.05) is 11.3 Å². The van der Waals surface area contributed by atoms with Crippen LogP contribution >= 0.6 is 0 Å². The number of halogens is 1. The molecular formula is C14H11FN2O3. The number of aromatic carboxylic acids is 1. The van der Waals surface area contributed by atoms with Crippen molar-refractivity contribution in [1.82, 2.24) is 0 Å². The highest BCUT2D eigenvalue weighted by Crippen LogP contribution is 2.24. The zero-order valence-corrected chi connectivity index (χ0v) is 10.3. The molecule has 6 heteroatoms. The third-order valence-corrected chi connectivity index (χ3v) is 2.68. The molecule has 0 saturated carbocycles. The number of hydrogen-bond acceptors (Lipinski definition) is 3. The lowest BCUT2D eigenvalue weighted by Crippen LogP contribution is -2.10. The Kier molecular flexibility index (Phi) is 3.65.